The van der Waals surface area contributed by atoms with Crippen LogP contribution in [0.1, 0.15) is 39.0 Å². The molecule has 1 aliphatic rings. The summed E-state index contributed by atoms with van der Waals surface area (Å²) < 4.78 is 17.2. The summed E-state index contributed by atoms with van der Waals surface area (Å²) in [5.41, 5.74) is 1.22. The molecule has 108 valence electrons. The Morgan fingerprint density at radius 1 is 1.20 bits per heavy atom. The quantitative estimate of drug-likeness (QED) is 0.795. The van der Waals surface area contributed by atoms with Crippen LogP contribution >= 0.6 is 0 Å². The maximum Gasteiger partial charge on any atom is 0.487 e. The number of hydrogen-bond acceptors (Lipinski definition) is 4. The minimum atomic E-state index is -0.357. The summed E-state index contributed by atoms with van der Waals surface area (Å²) in [5, 5.41) is 0. The Morgan fingerprint density at radius 2 is 1.80 bits per heavy atom. The van der Waals surface area contributed by atoms with E-state index in [9.17, 15) is 0 Å². The molecule has 0 amide bonds. The van der Waals surface area contributed by atoms with Gasteiger partial charge in [0.2, 0.25) is 0 Å². The van der Waals surface area contributed by atoms with Gasteiger partial charge in [0, 0.05) is 17.5 Å². The molecule has 5 heteroatoms. The molecule has 1 aliphatic heterocycles. The topological polar surface area (TPSA) is 40.6 Å². The molecule has 1 aromatic heterocycles. The Balaban J connectivity index is 2.20. The van der Waals surface area contributed by atoms with Crippen molar-refractivity contribution in [2.24, 2.45) is 0 Å². The van der Waals surface area contributed by atoms with Gasteiger partial charge in [-0.2, -0.15) is 0 Å². The Hall–Kier alpha value is -1.33. The lowest BCUT2D eigenvalue weighted by molar-refractivity contribution is 0.00578. The predicted octanol–water partition coefficient (Wildman–Crippen LogP) is 3.04. The minimum absolute atomic E-state index is 0.323. The number of hydrogen-bond donors (Lipinski definition) is 0. The molecule has 0 aromatic carbocycles. The van der Waals surface area contributed by atoms with E-state index >= 15 is 0 Å². The van der Waals surface area contributed by atoms with Gasteiger partial charge < -0.3 is 14.0 Å². The lowest BCUT2D eigenvalue weighted by Crippen LogP contribution is -2.41. The van der Waals surface area contributed by atoms with Gasteiger partial charge in [0.05, 0.1) is 18.3 Å². The first-order chi connectivity index (χ1) is 9.27. The second kappa shape index (κ2) is 5.22. The van der Waals surface area contributed by atoms with Crippen LogP contribution in [0.5, 0.6) is 5.75 Å². The summed E-state index contributed by atoms with van der Waals surface area (Å²) in [4.78, 5) is 4.28. The summed E-state index contributed by atoms with van der Waals surface area (Å²) in [6, 6.07) is 1.84. The zero-order valence-corrected chi connectivity index (χ0v) is 13.1. The predicted molar refractivity (Wildman–Crippen MR) is 80.6 cm³/mol. The molecule has 0 bridgehead atoms. The second-order valence-corrected chi connectivity index (χ2v) is 6.00. The van der Waals surface area contributed by atoms with Crippen LogP contribution in [0.3, 0.4) is 0 Å². The fourth-order valence-electron chi connectivity index (χ4n) is 2.08. The standard InChI is InChI=1S/C15H22BNO3/c1-11-12(13(18-6)8-10-17-11)7-9-16-19-14(2,3)15(4,5)20-16/h7-10H,1-6H3/b9-7+. The van der Waals surface area contributed by atoms with Crippen LogP contribution in [0.2, 0.25) is 0 Å². The smallest absolute Gasteiger partial charge is 0.487 e. The number of ether oxygens (including phenoxy) is 1. The highest BCUT2D eigenvalue weighted by Crippen LogP contribution is 2.37. The van der Waals surface area contributed by atoms with Gasteiger partial charge in [-0.1, -0.05) is 12.1 Å². The highest BCUT2D eigenvalue weighted by molar-refractivity contribution is 6.52. The maximum atomic E-state index is 5.93. The van der Waals surface area contributed by atoms with Gasteiger partial charge in [-0.05, 0) is 40.7 Å². The fourth-order valence-corrected chi connectivity index (χ4v) is 2.08. The molecular weight excluding hydrogens is 253 g/mol. The van der Waals surface area contributed by atoms with Crippen molar-refractivity contribution in [2.45, 2.75) is 45.8 Å². The second-order valence-electron chi connectivity index (χ2n) is 6.00. The van der Waals surface area contributed by atoms with Crippen molar-refractivity contribution in [3.8, 4) is 5.75 Å². The van der Waals surface area contributed by atoms with Gasteiger partial charge in [0.15, 0.2) is 0 Å². The zero-order valence-electron chi connectivity index (χ0n) is 13.1. The minimum Gasteiger partial charge on any atom is -0.496 e. The van der Waals surface area contributed by atoms with Crippen LogP contribution in [0.15, 0.2) is 18.2 Å². The molecule has 1 fully saturated rings. The molecular formula is C15H22BNO3. The summed E-state index contributed by atoms with van der Waals surface area (Å²) in [7, 11) is 1.30. The van der Waals surface area contributed by atoms with Crippen molar-refractivity contribution in [1.29, 1.82) is 0 Å². The number of aromatic nitrogens is 1. The Labute approximate surface area is 121 Å². The molecule has 0 saturated carbocycles. The molecule has 0 spiro atoms. The largest absolute Gasteiger partial charge is 0.496 e. The maximum absolute atomic E-state index is 5.93. The average Bonchev–Trinajstić information content (AvgIpc) is 2.56. The van der Waals surface area contributed by atoms with E-state index in [1.807, 2.05) is 52.7 Å². The van der Waals surface area contributed by atoms with E-state index in [0.29, 0.717) is 0 Å². The van der Waals surface area contributed by atoms with Gasteiger partial charge in [-0.25, -0.2) is 0 Å². The van der Waals surface area contributed by atoms with Gasteiger partial charge in [-0.15, -0.1) is 0 Å². The van der Waals surface area contributed by atoms with Gasteiger partial charge in [-0.3, -0.25) is 4.98 Å². The number of aryl methyl sites for hydroxylation is 1. The summed E-state index contributed by atoms with van der Waals surface area (Å²) in [6.45, 7) is 10.1. The first-order valence-corrected chi connectivity index (χ1v) is 6.80. The van der Waals surface area contributed by atoms with Gasteiger partial charge in [0.1, 0.15) is 5.75 Å². The molecule has 4 nitrogen and oxygen atoms in total. The Kier molecular flexibility index (Phi) is 3.94. The Bertz CT molecular complexity index is 510. The Morgan fingerprint density at radius 3 is 2.35 bits per heavy atom. The van der Waals surface area contributed by atoms with Crippen LogP contribution in [0.4, 0.5) is 0 Å². The number of methoxy groups -OCH3 is 1. The van der Waals surface area contributed by atoms with E-state index in [2.05, 4.69) is 4.98 Å². The van der Waals surface area contributed by atoms with Crippen molar-refractivity contribution in [2.75, 3.05) is 7.11 Å². The molecule has 0 aliphatic carbocycles. The van der Waals surface area contributed by atoms with Crippen molar-refractivity contribution >= 4 is 13.2 Å². The van der Waals surface area contributed by atoms with Crippen LogP contribution in [-0.4, -0.2) is 30.4 Å². The first kappa shape index (κ1) is 15.1. The molecule has 0 radical (unpaired) electrons. The van der Waals surface area contributed by atoms with Crippen LogP contribution < -0.4 is 4.74 Å². The number of rotatable bonds is 3. The zero-order chi connectivity index (χ0) is 15.0. The first-order valence-electron chi connectivity index (χ1n) is 6.80. The third-order valence-electron chi connectivity index (χ3n) is 4.06. The lowest BCUT2D eigenvalue weighted by Gasteiger charge is -2.32. The normalized spacial score (nSPS) is 20.6. The van der Waals surface area contributed by atoms with E-state index in [1.54, 1.807) is 13.3 Å². The summed E-state index contributed by atoms with van der Waals surface area (Å²) in [6.07, 6.45) is 3.68. The number of nitrogens with zero attached hydrogens (tertiary/aromatic N) is 1. The molecule has 20 heavy (non-hydrogen) atoms. The third-order valence-corrected chi connectivity index (χ3v) is 4.06. The van der Waals surface area contributed by atoms with E-state index in [-0.39, 0.29) is 18.3 Å². The number of pyridine rings is 1. The van der Waals surface area contributed by atoms with Crippen molar-refractivity contribution in [3.05, 3.63) is 29.5 Å². The fraction of sp³-hybridized carbons (Fsp3) is 0.533. The highest BCUT2D eigenvalue weighted by Gasteiger charge is 2.50. The molecule has 0 atom stereocenters. The molecule has 1 aromatic rings. The van der Waals surface area contributed by atoms with E-state index in [0.717, 1.165) is 17.0 Å². The van der Waals surface area contributed by atoms with E-state index < -0.39 is 0 Å². The van der Waals surface area contributed by atoms with Gasteiger partial charge in [0.25, 0.3) is 0 Å². The third kappa shape index (κ3) is 2.74. The summed E-state index contributed by atoms with van der Waals surface area (Å²) >= 11 is 0. The van der Waals surface area contributed by atoms with Crippen molar-refractivity contribution in [1.82, 2.24) is 4.98 Å². The van der Waals surface area contributed by atoms with E-state index in [4.69, 9.17) is 14.0 Å². The van der Waals surface area contributed by atoms with Crippen LogP contribution in [-0.2, 0) is 9.31 Å². The molecule has 2 heterocycles. The summed E-state index contributed by atoms with van der Waals surface area (Å²) in [5.74, 6) is 2.70. The lowest BCUT2D eigenvalue weighted by atomic mass is 9.89. The average molecular weight is 275 g/mol. The molecule has 2 rings (SSSR count). The van der Waals surface area contributed by atoms with Crippen LogP contribution in [0, 0.1) is 6.92 Å². The highest BCUT2D eigenvalue weighted by atomic mass is 16.7. The van der Waals surface area contributed by atoms with Crippen molar-refractivity contribution in [3.63, 3.8) is 0 Å². The van der Waals surface area contributed by atoms with Crippen LogP contribution in [0.25, 0.3) is 6.08 Å². The molecule has 0 unspecified atom stereocenters. The molecule has 0 N–H and O–H groups in total. The van der Waals surface area contributed by atoms with Gasteiger partial charge >= 0.3 is 7.12 Å². The SMILES string of the molecule is COc1ccnc(C)c1/C=C/B1OC(C)(C)C(C)(C)O1. The molecule has 1 saturated heterocycles. The monoisotopic (exact) mass is 275 g/mol. The van der Waals surface area contributed by atoms with Crippen molar-refractivity contribution < 1.29 is 14.0 Å². The van der Waals surface area contributed by atoms with E-state index in [1.165, 1.54) is 0 Å².